The molecule has 0 N–H and O–H groups in total. The number of hydrogen-bond acceptors (Lipinski definition) is 2. The van der Waals surface area contributed by atoms with Crippen molar-refractivity contribution < 1.29 is 4.79 Å². The lowest BCUT2D eigenvalue weighted by atomic mass is 10.1. The van der Waals surface area contributed by atoms with E-state index in [0.717, 1.165) is 54.5 Å². The van der Waals surface area contributed by atoms with Crippen molar-refractivity contribution >= 4 is 23.4 Å². The number of hydrogen-bond donors (Lipinski definition) is 0. The van der Waals surface area contributed by atoms with E-state index in [9.17, 15) is 4.79 Å². The SMILES string of the molecule is C\C=C/C=C\C=C\CCn1c(CCc2ccccc2)nc2cc(/C=C/C=O)ccc21. The van der Waals surface area contributed by atoms with Crippen LogP contribution in [0.25, 0.3) is 17.1 Å². The van der Waals surface area contributed by atoms with Crippen molar-refractivity contribution in [2.24, 2.45) is 0 Å². The van der Waals surface area contributed by atoms with Gasteiger partial charge in [0.1, 0.15) is 12.1 Å². The molecule has 2 aromatic carbocycles. The smallest absolute Gasteiger partial charge is 0.142 e. The summed E-state index contributed by atoms with van der Waals surface area (Å²) < 4.78 is 2.32. The minimum Gasteiger partial charge on any atom is -0.328 e. The number of aryl methyl sites for hydroxylation is 3. The molecule has 0 radical (unpaired) electrons. The van der Waals surface area contributed by atoms with Gasteiger partial charge in [0.2, 0.25) is 0 Å². The number of aldehydes is 1. The summed E-state index contributed by atoms with van der Waals surface area (Å²) in [6, 6.07) is 16.7. The predicted molar refractivity (Wildman–Crippen MR) is 126 cm³/mol. The molecular formula is C27H28N2O. The van der Waals surface area contributed by atoms with Crippen LogP contribution in [0.3, 0.4) is 0 Å². The Morgan fingerprint density at radius 1 is 0.933 bits per heavy atom. The van der Waals surface area contributed by atoms with Gasteiger partial charge in [-0.05, 0) is 49.1 Å². The van der Waals surface area contributed by atoms with Crippen LogP contribution in [0.1, 0.15) is 30.3 Å². The maximum atomic E-state index is 10.6. The first-order valence-electron chi connectivity index (χ1n) is 10.4. The summed E-state index contributed by atoms with van der Waals surface area (Å²) in [5.74, 6) is 1.10. The number of rotatable bonds is 10. The van der Waals surface area contributed by atoms with Crippen LogP contribution in [0, 0.1) is 0 Å². The molecule has 1 heterocycles. The Labute approximate surface area is 178 Å². The molecule has 0 unspecified atom stereocenters. The van der Waals surface area contributed by atoms with Crippen molar-refractivity contribution in [1.82, 2.24) is 9.55 Å². The van der Waals surface area contributed by atoms with Crippen LogP contribution in [-0.4, -0.2) is 15.8 Å². The molecule has 0 saturated heterocycles. The normalized spacial score (nSPS) is 12.3. The minimum absolute atomic E-state index is 0.797. The van der Waals surface area contributed by atoms with Gasteiger partial charge in [0.25, 0.3) is 0 Å². The molecule has 152 valence electrons. The zero-order valence-corrected chi connectivity index (χ0v) is 17.4. The van der Waals surface area contributed by atoms with E-state index in [0.29, 0.717) is 0 Å². The van der Waals surface area contributed by atoms with Gasteiger partial charge in [-0.15, -0.1) is 0 Å². The third kappa shape index (κ3) is 6.02. The standard InChI is InChI=1S/C27H28N2O/c1-2-3-4-5-6-7-11-20-29-26-18-16-24(15-12-21-30)22-25(26)28-27(29)19-17-23-13-9-8-10-14-23/h2-10,12-16,18,21-22H,11,17,19-20H2,1H3/b3-2-,5-4-,7-6+,15-12+. The second-order valence-corrected chi connectivity index (χ2v) is 7.04. The van der Waals surface area contributed by atoms with Crippen molar-refractivity contribution in [3.8, 4) is 0 Å². The van der Waals surface area contributed by atoms with Crippen molar-refractivity contribution in [2.45, 2.75) is 32.7 Å². The van der Waals surface area contributed by atoms with E-state index >= 15 is 0 Å². The maximum absolute atomic E-state index is 10.6. The molecule has 3 rings (SSSR count). The van der Waals surface area contributed by atoms with Crippen LogP contribution >= 0.6 is 0 Å². The molecule has 0 amide bonds. The fraction of sp³-hybridized carbons (Fsp3) is 0.185. The first-order chi connectivity index (χ1) is 14.8. The van der Waals surface area contributed by atoms with E-state index in [1.165, 1.54) is 11.6 Å². The Bertz CT molecular complexity index is 1070. The summed E-state index contributed by atoms with van der Waals surface area (Å²) in [6.45, 7) is 2.90. The molecule has 0 spiro atoms. The van der Waals surface area contributed by atoms with Gasteiger partial charge < -0.3 is 4.57 Å². The number of benzene rings is 2. The summed E-state index contributed by atoms with van der Waals surface area (Å²) in [4.78, 5) is 15.6. The van der Waals surface area contributed by atoms with Crippen molar-refractivity contribution in [3.05, 3.63) is 108 Å². The van der Waals surface area contributed by atoms with E-state index in [2.05, 4.69) is 47.1 Å². The van der Waals surface area contributed by atoms with Gasteiger partial charge in [0, 0.05) is 13.0 Å². The van der Waals surface area contributed by atoms with Gasteiger partial charge in [0.15, 0.2) is 0 Å². The van der Waals surface area contributed by atoms with Crippen LogP contribution in [-0.2, 0) is 24.2 Å². The number of carbonyl (C=O) groups excluding carboxylic acids is 1. The molecule has 3 aromatic rings. The van der Waals surface area contributed by atoms with E-state index in [-0.39, 0.29) is 0 Å². The molecule has 3 nitrogen and oxygen atoms in total. The number of nitrogens with zero attached hydrogens (tertiary/aromatic N) is 2. The number of aromatic nitrogens is 2. The van der Waals surface area contributed by atoms with Gasteiger partial charge in [-0.25, -0.2) is 4.98 Å². The summed E-state index contributed by atoms with van der Waals surface area (Å²) in [5.41, 5.74) is 4.42. The van der Waals surface area contributed by atoms with Crippen molar-refractivity contribution in [1.29, 1.82) is 0 Å². The van der Waals surface area contributed by atoms with Gasteiger partial charge in [-0.2, -0.15) is 0 Å². The molecular weight excluding hydrogens is 368 g/mol. The zero-order chi connectivity index (χ0) is 21.0. The van der Waals surface area contributed by atoms with Crippen LogP contribution in [0.15, 0.2) is 91.1 Å². The fourth-order valence-electron chi connectivity index (χ4n) is 3.41. The van der Waals surface area contributed by atoms with E-state index in [4.69, 9.17) is 4.98 Å². The van der Waals surface area contributed by atoms with Crippen molar-refractivity contribution in [2.75, 3.05) is 0 Å². The molecule has 0 aliphatic rings. The van der Waals surface area contributed by atoms with E-state index in [1.54, 1.807) is 0 Å². The van der Waals surface area contributed by atoms with Crippen LogP contribution in [0.5, 0.6) is 0 Å². The average Bonchev–Trinajstić information content (AvgIpc) is 3.13. The molecule has 0 atom stereocenters. The quantitative estimate of drug-likeness (QED) is 0.235. The molecule has 0 aliphatic heterocycles. The van der Waals surface area contributed by atoms with Crippen LogP contribution in [0.4, 0.5) is 0 Å². The molecule has 3 heteroatoms. The lowest BCUT2D eigenvalue weighted by Crippen LogP contribution is -2.05. The first kappa shape index (κ1) is 21.3. The number of imidazole rings is 1. The second-order valence-electron chi connectivity index (χ2n) is 7.04. The molecule has 0 fully saturated rings. The van der Waals surface area contributed by atoms with Crippen molar-refractivity contribution in [3.63, 3.8) is 0 Å². The first-order valence-corrected chi connectivity index (χ1v) is 10.4. The Kier molecular flexibility index (Phi) is 8.16. The third-order valence-corrected chi connectivity index (χ3v) is 4.88. The molecule has 0 bridgehead atoms. The van der Waals surface area contributed by atoms with Gasteiger partial charge in [-0.1, -0.05) is 78.9 Å². The maximum Gasteiger partial charge on any atom is 0.142 e. The Balaban J connectivity index is 1.82. The predicted octanol–water partition coefficient (Wildman–Crippen LogP) is 6.11. The summed E-state index contributed by atoms with van der Waals surface area (Å²) in [7, 11) is 0. The van der Waals surface area contributed by atoms with Gasteiger partial charge >= 0.3 is 0 Å². The van der Waals surface area contributed by atoms with Crippen LogP contribution < -0.4 is 0 Å². The van der Waals surface area contributed by atoms with E-state index < -0.39 is 0 Å². The summed E-state index contributed by atoms with van der Waals surface area (Å²) >= 11 is 0. The number of carbonyl (C=O) groups is 1. The second kappa shape index (κ2) is 11.5. The lowest BCUT2D eigenvalue weighted by molar-refractivity contribution is -0.104. The fourth-order valence-corrected chi connectivity index (χ4v) is 3.41. The summed E-state index contributed by atoms with van der Waals surface area (Å²) in [5, 5.41) is 0. The lowest BCUT2D eigenvalue weighted by Gasteiger charge is -2.08. The molecule has 0 aliphatic carbocycles. The number of fused-ring (bicyclic) bond motifs is 1. The molecule has 1 aromatic heterocycles. The third-order valence-electron chi connectivity index (χ3n) is 4.88. The Hall–Kier alpha value is -3.46. The molecule has 0 saturated carbocycles. The largest absolute Gasteiger partial charge is 0.328 e. The highest BCUT2D eigenvalue weighted by Crippen LogP contribution is 2.21. The topological polar surface area (TPSA) is 34.9 Å². The van der Waals surface area contributed by atoms with E-state index in [1.807, 2.05) is 55.5 Å². The number of allylic oxidation sites excluding steroid dienone is 7. The summed E-state index contributed by atoms with van der Waals surface area (Å²) in [6.07, 6.45) is 19.3. The minimum atomic E-state index is 0.797. The van der Waals surface area contributed by atoms with Gasteiger partial charge in [0.05, 0.1) is 11.0 Å². The zero-order valence-electron chi connectivity index (χ0n) is 17.4. The highest BCUT2D eigenvalue weighted by Gasteiger charge is 2.11. The Morgan fingerprint density at radius 3 is 2.57 bits per heavy atom. The highest BCUT2D eigenvalue weighted by molar-refractivity contribution is 5.81. The monoisotopic (exact) mass is 396 g/mol. The van der Waals surface area contributed by atoms with Gasteiger partial charge in [-0.3, -0.25) is 4.79 Å². The molecule has 30 heavy (non-hydrogen) atoms. The highest BCUT2D eigenvalue weighted by atomic mass is 16.1. The van der Waals surface area contributed by atoms with Crippen LogP contribution in [0.2, 0.25) is 0 Å². The Morgan fingerprint density at radius 2 is 1.77 bits per heavy atom. The average molecular weight is 397 g/mol.